The largest absolute Gasteiger partial charge is 0.338 e. The third-order valence-electron chi connectivity index (χ3n) is 4.99. The lowest BCUT2D eigenvalue weighted by Gasteiger charge is -2.30. The quantitative estimate of drug-likeness (QED) is 0.781. The van der Waals surface area contributed by atoms with Crippen LogP contribution in [-0.4, -0.2) is 42.9 Å². The highest BCUT2D eigenvalue weighted by atomic mass is 32.2. The van der Waals surface area contributed by atoms with Crippen LogP contribution in [0, 0.1) is 11.7 Å². The summed E-state index contributed by atoms with van der Waals surface area (Å²) in [7, 11) is 0. The van der Waals surface area contributed by atoms with E-state index < -0.39 is 0 Å². The molecular weight excluding hydrogens is 337 g/mol. The molecule has 0 saturated carbocycles. The van der Waals surface area contributed by atoms with Gasteiger partial charge in [0, 0.05) is 23.7 Å². The number of thioether (sulfide) groups is 1. The topological polar surface area (TPSA) is 44.4 Å². The van der Waals surface area contributed by atoms with Crippen molar-refractivity contribution in [3.63, 3.8) is 0 Å². The molecule has 6 heteroatoms. The zero-order chi connectivity index (χ0) is 17.6. The average Bonchev–Trinajstić information content (AvgIpc) is 2.59. The van der Waals surface area contributed by atoms with Crippen LogP contribution in [-0.2, 0) is 0 Å². The maximum absolute atomic E-state index is 13.5. The van der Waals surface area contributed by atoms with Gasteiger partial charge in [-0.05, 0) is 68.5 Å². The summed E-state index contributed by atoms with van der Waals surface area (Å²) in [6, 6.07) is 4.58. The normalized spacial score (nSPS) is 23.8. The standard InChI is InChI=1S/C19H28FN3OS/c1-14-4-2-9-23(13-14)10-3-8-21-19(24)22-17-7-11-25-18-6-5-15(20)12-16(17)18/h5-6,12,14,17H,2-4,7-11,13H2,1H3,(H2,21,22,24)/t14-,17+/m0/s1. The van der Waals surface area contributed by atoms with Crippen LogP contribution in [0.3, 0.4) is 0 Å². The van der Waals surface area contributed by atoms with E-state index in [9.17, 15) is 9.18 Å². The summed E-state index contributed by atoms with van der Waals surface area (Å²) in [4.78, 5) is 15.7. The number of nitrogens with one attached hydrogen (secondary N) is 2. The number of rotatable bonds is 5. The summed E-state index contributed by atoms with van der Waals surface area (Å²) in [5, 5.41) is 5.95. The van der Waals surface area contributed by atoms with Crippen LogP contribution in [0.25, 0.3) is 0 Å². The summed E-state index contributed by atoms with van der Waals surface area (Å²) >= 11 is 1.72. The maximum atomic E-state index is 13.5. The molecule has 1 aromatic rings. The van der Waals surface area contributed by atoms with Gasteiger partial charge >= 0.3 is 6.03 Å². The Bertz CT molecular complexity index is 598. The number of benzene rings is 1. The van der Waals surface area contributed by atoms with E-state index in [1.165, 1.54) is 32.0 Å². The van der Waals surface area contributed by atoms with Crippen molar-refractivity contribution in [2.24, 2.45) is 5.92 Å². The van der Waals surface area contributed by atoms with Crippen LogP contribution in [0.4, 0.5) is 9.18 Å². The molecule has 0 spiro atoms. The summed E-state index contributed by atoms with van der Waals surface area (Å²) in [5.41, 5.74) is 0.897. The molecule has 1 aromatic carbocycles. The highest BCUT2D eigenvalue weighted by molar-refractivity contribution is 7.99. The van der Waals surface area contributed by atoms with Gasteiger partial charge in [0.1, 0.15) is 5.82 Å². The SMILES string of the molecule is C[C@H]1CCCN(CCCNC(=O)N[C@@H]2CCSc3ccc(F)cc32)C1. The van der Waals surface area contributed by atoms with Crippen molar-refractivity contribution in [1.29, 1.82) is 0 Å². The Balaban J connectivity index is 1.41. The van der Waals surface area contributed by atoms with Crippen molar-refractivity contribution in [1.82, 2.24) is 15.5 Å². The van der Waals surface area contributed by atoms with Crippen LogP contribution in [0.1, 0.15) is 44.2 Å². The molecule has 138 valence electrons. The van der Waals surface area contributed by atoms with Crippen molar-refractivity contribution < 1.29 is 9.18 Å². The first-order chi connectivity index (χ1) is 12.1. The molecule has 1 saturated heterocycles. The van der Waals surface area contributed by atoms with E-state index in [4.69, 9.17) is 0 Å². The van der Waals surface area contributed by atoms with E-state index in [0.29, 0.717) is 6.54 Å². The molecule has 2 heterocycles. The van der Waals surface area contributed by atoms with E-state index in [1.54, 1.807) is 23.9 Å². The van der Waals surface area contributed by atoms with Gasteiger partial charge in [0.15, 0.2) is 0 Å². The van der Waals surface area contributed by atoms with E-state index in [0.717, 1.165) is 41.5 Å². The fourth-order valence-corrected chi connectivity index (χ4v) is 4.82. The number of amides is 2. The lowest BCUT2D eigenvalue weighted by atomic mass is 10.0. The van der Waals surface area contributed by atoms with Crippen molar-refractivity contribution in [3.05, 3.63) is 29.6 Å². The number of nitrogens with zero attached hydrogens (tertiary/aromatic N) is 1. The Labute approximate surface area is 153 Å². The summed E-state index contributed by atoms with van der Waals surface area (Å²) in [6.45, 7) is 6.38. The van der Waals surface area contributed by atoms with Crippen molar-refractivity contribution in [2.45, 2.75) is 43.5 Å². The number of urea groups is 1. The van der Waals surface area contributed by atoms with Gasteiger partial charge in [-0.25, -0.2) is 9.18 Å². The van der Waals surface area contributed by atoms with Gasteiger partial charge in [0.2, 0.25) is 0 Å². The minimum absolute atomic E-state index is 0.102. The minimum atomic E-state index is -0.246. The van der Waals surface area contributed by atoms with Crippen LogP contribution >= 0.6 is 11.8 Å². The van der Waals surface area contributed by atoms with E-state index in [2.05, 4.69) is 22.5 Å². The third kappa shape index (κ3) is 5.35. The van der Waals surface area contributed by atoms with Crippen molar-refractivity contribution in [3.8, 4) is 0 Å². The average molecular weight is 366 g/mol. The predicted octanol–water partition coefficient (Wildman–Crippen LogP) is 3.78. The fourth-order valence-electron chi connectivity index (χ4n) is 3.72. The number of carbonyl (C=O) groups excluding carboxylic acids is 1. The molecule has 3 rings (SSSR count). The molecule has 2 amide bonds. The Morgan fingerprint density at radius 1 is 1.40 bits per heavy atom. The predicted molar refractivity (Wildman–Crippen MR) is 100 cm³/mol. The Kier molecular flexibility index (Phi) is 6.59. The second-order valence-corrected chi connectivity index (χ2v) is 8.31. The molecule has 25 heavy (non-hydrogen) atoms. The zero-order valence-electron chi connectivity index (χ0n) is 14.9. The van der Waals surface area contributed by atoms with Gasteiger partial charge in [-0.1, -0.05) is 6.92 Å². The molecule has 1 fully saturated rings. The minimum Gasteiger partial charge on any atom is -0.338 e. The van der Waals surface area contributed by atoms with Crippen molar-refractivity contribution >= 4 is 17.8 Å². The smallest absolute Gasteiger partial charge is 0.315 e. The molecule has 0 radical (unpaired) electrons. The summed E-state index contributed by atoms with van der Waals surface area (Å²) in [6.07, 6.45) is 4.41. The lowest BCUT2D eigenvalue weighted by Crippen LogP contribution is -2.41. The molecular formula is C19H28FN3OS. The molecule has 0 aromatic heterocycles. The first kappa shape index (κ1) is 18.5. The highest BCUT2D eigenvalue weighted by Gasteiger charge is 2.23. The molecule has 0 bridgehead atoms. The van der Waals surface area contributed by atoms with E-state index >= 15 is 0 Å². The lowest BCUT2D eigenvalue weighted by molar-refractivity contribution is 0.181. The number of hydrogen-bond acceptors (Lipinski definition) is 3. The highest BCUT2D eigenvalue weighted by Crippen LogP contribution is 2.36. The number of hydrogen-bond donors (Lipinski definition) is 2. The van der Waals surface area contributed by atoms with E-state index in [1.807, 2.05) is 0 Å². The summed E-state index contributed by atoms with van der Waals surface area (Å²) < 4.78 is 13.5. The number of likely N-dealkylation sites (tertiary alicyclic amines) is 1. The summed E-state index contributed by atoms with van der Waals surface area (Å²) in [5.74, 6) is 1.48. The van der Waals surface area contributed by atoms with Gasteiger partial charge in [0.25, 0.3) is 0 Å². The maximum Gasteiger partial charge on any atom is 0.315 e. The van der Waals surface area contributed by atoms with Crippen LogP contribution in [0.5, 0.6) is 0 Å². The number of carbonyl (C=O) groups is 1. The molecule has 2 aliphatic heterocycles. The molecule has 2 N–H and O–H groups in total. The second-order valence-electron chi connectivity index (χ2n) is 7.17. The number of fused-ring (bicyclic) bond motifs is 1. The first-order valence-electron chi connectivity index (χ1n) is 9.31. The molecule has 0 aliphatic carbocycles. The Hall–Kier alpha value is -1.27. The molecule has 4 nitrogen and oxygen atoms in total. The second kappa shape index (κ2) is 8.90. The van der Waals surface area contributed by atoms with Crippen molar-refractivity contribution in [2.75, 3.05) is 31.9 Å². The van der Waals surface area contributed by atoms with Gasteiger partial charge < -0.3 is 15.5 Å². The van der Waals surface area contributed by atoms with Gasteiger partial charge in [-0.3, -0.25) is 0 Å². The fraction of sp³-hybridized carbons (Fsp3) is 0.632. The number of piperidine rings is 1. The Morgan fingerprint density at radius 2 is 2.28 bits per heavy atom. The molecule has 0 unspecified atom stereocenters. The van der Waals surface area contributed by atoms with Gasteiger partial charge in [-0.2, -0.15) is 0 Å². The molecule has 2 atom stereocenters. The monoisotopic (exact) mass is 365 g/mol. The van der Waals surface area contributed by atoms with E-state index in [-0.39, 0.29) is 17.9 Å². The van der Waals surface area contributed by atoms with Gasteiger partial charge in [0.05, 0.1) is 6.04 Å². The van der Waals surface area contributed by atoms with Crippen LogP contribution in [0.2, 0.25) is 0 Å². The zero-order valence-corrected chi connectivity index (χ0v) is 15.7. The van der Waals surface area contributed by atoms with Gasteiger partial charge in [-0.15, -0.1) is 11.8 Å². The first-order valence-corrected chi connectivity index (χ1v) is 10.3. The molecule has 2 aliphatic rings. The number of halogens is 1. The third-order valence-corrected chi connectivity index (χ3v) is 6.12. The van der Waals surface area contributed by atoms with Crippen LogP contribution < -0.4 is 10.6 Å². The van der Waals surface area contributed by atoms with Crippen LogP contribution in [0.15, 0.2) is 23.1 Å². The Morgan fingerprint density at radius 3 is 3.12 bits per heavy atom.